The fraction of sp³-hybridized carbons (Fsp3) is 0.0789. The largest absolute Gasteiger partial charge is 0.253 e. The number of hydrogen-bond donors (Lipinski definition) is 0. The van der Waals surface area contributed by atoms with Crippen LogP contribution < -0.4 is 0 Å². The maximum Gasteiger partial charge on any atom is 0.0668 e. The Bertz CT molecular complexity index is 1820. The van der Waals surface area contributed by atoms with Crippen molar-refractivity contribution in [2.75, 3.05) is 0 Å². The van der Waals surface area contributed by atoms with Crippen LogP contribution in [0.15, 0.2) is 138 Å². The summed E-state index contributed by atoms with van der Waals surface area (Å²) >= 11 is 0. The number of aliphatic imine (C=N–C) groups is 1. The molecule has 0 spiro atoms. The molecule has 0 saturated heterocycles. The number of benzene rings is 6. The third-order valence-corrected chi connectivity index (χ3v) is 7.55. The van der Waals surface area contributed by atoms with Gasteiger partial charge in [-0.3, -0.25) is 4.99 Å². The zero-order valence-electron chi connectivity index (χ0n) is 22.6. The van der Waals surface area contributed by atoms with Crippen LogP contribution in [-0.4, -0.2) is 5.71 Å². The lowest BCUT2D eigenvalue weighted by Crippen LogP contribution is -1.99. The summed E-state index contributed by atoms with van der Waals surface area (Å²) in [5.74, 6) is 0. The minimum Gasteiger partial charge on any atom is -0.253 e. The molecule has 6 aromatic carbocycles. The molecule has 6 aromatic rings. The van der Waals surface area contributed by atoms with Crippen molar-refractivity contribution < 1.29 is 0 Å². The summed E-state index contributed by atoms with van der Waals surface area (Å²) in [5.41, 5.74) is 12.9. The fourth-order valence-corrected chi connectivity index (χ4v) is 5.28. The van der Waals surface area contributed by atoms with Crippen LogP contribution in [-0.2, 0) is 0 Å². The summed E-state index contributed by atoms with van der Waals surface area (Å²) in [6, 6.07) is 47.7. The van der Waals surface area contributed by atoms with Crippen LogP contribution in [0.2, 0.25) is 0 Å². The lowest BCUT2D eigenvalue weighted by atomic mass is 9.94. The van der Waals surface area contributed by atoms with E-state index in [1.54, 1.807) is 0 Å². The van der Waals surface area contributed by atoms with Gasteiger partial charge in [0, 0.05) is 11.3 Å². The summed E-state index contributed by atoms with van der Waals surface area (Å²) in [7, 11) is 0. The summed E-state index contributed by atoms with van der Waals surface area (Å²) in [5, 5.41) is 2.53. The number of hydrogen-bond acceptors (Lipinski definition) is 1. The molecule has 0 amide bonds. The molecular formula is C38H31N. The lowest BCUT2D eigenvalue weighted by molar-refractivity contribution is 1.38. The highest BCUT2D eigenvalue weighted by Crippen LogP contribution is 2.32. The van der Waals surface area contributed by atoms with Crippen molar-refractivity contribution in [3.63, 3.8) is 0 Å². The standard InChI is InChI=1S/C38H31N/c1-26-10-4-7-13-35(26)37-15-9-8-14-36(37)28(3)39-38-25-34(17-16-27(38)2)31-20-18-30(19-21-31)33-23-22-29-11-5-6-12-32(29)24-33/h4-25H,1-3H3. The first-order chi connectivity index (χ1) is 19.1. The van der Waals surface area contributed by atoms with Gasteiger partial charge in [-0.05, 0) is 88.2 Å². The van der Waals surface area contributed by atoms with Gasteiger partial charge in [0.1, 0.15) is 0 Å². The normalized spacial score (nSPS) is 11.6. The second-order valence-electron chi connectivity index (χ2n) is 10.2. The quantitative estimate of drug-likeness (QED) is 0.208. The third-order valence-electron chi connectivity index (χ3n) is 7.55. The Labute approximate surface area is 231 Å². The van der Waals surface area contributed by atoms with Gasteiger partial charge in [-0.1, -0.05) is 121 Å². The van der Waals surface area contributed by atoms with E-state index in [0.29, 0.717) is 0 Å². The first kappa shape index (κ1) is 24.6. The Kier molecular flexibility index (Phi) is 6.65. The Morgan fingerprint density at radius 2 is 1.03 bits per heavy atom. The molecule has 188 valence electrons. The molecule has 6 rings (SSSR count). The van der Waals surface area contributed by atoms with Crippen molar-refractivity contribution >= 4 is 22.2 Å². The summed E-state index contributed by atoms with van der Waals surface area (Å²) < 4.78 is 0. The third kappa shape index (κ3) is 5.04. The Morgan fingerprint density at radius 3 is 1.77 bits per heavy atom. The fourth-order valence-electron chi connectivity index (χ4n) is 5.28. The SMILES string of the molecule is CC(=Nc1cc(-c2ccc(-c3ccc4ccccc4c3)cc2)ccc1C)c1ccccc1-c1ccccc1C. The molecule has 0 aliphatic carbocycles. The average molecular weight is 502 g/mol. The van der Waals surface area contributed by atoms with E-state index in [0.717, 1.165) is 17.0 Å². The van der Waals surface area contributed by atoms with Crippen molar-refractivity contribution in [2.24, 2.45) is 4.99 Å². The van der Waals surface area contributed by atoms with Crippen LogP contribution in [0.1, 0.15) is 23.6 Å². The van der Waals surface area contributed by atoms with E-state index in [-0.39, 0.29) is 0 Å². The average Bonchev–Trinajstić information content (AvgIpc) is 2.98. The summed E-state index contributed by atoms with van der Waals surface area (Å²) in [6.45, 7) is 6.41. The first-order valence-corrected chi connectivity index (χ1v) is 13.5. The Hall–Kier alpha value is -4.75. The molecule has 0 fully saturated rings. The zero-order chi connectivity index (χ0) is 26.8. The monoisotopic (exact) mass is 501 g/mol. The van der Waals surface area contributed by atoms with Gasteiger partial charge in [-0.2, -0.15) is 0 Å². The highest BCUT2D eigenvalue weighted by molar-refractivity contribution is 6.06. The molecule has 1 heteroatoms. The second kappa shape index (κ2) is 10.6. The molecular weight excluding hydrogens is 470 g/mol. The van der Waals surface area contributed by atoms with Crippen LogP contribution >= 0.6 is 0 Å². The maximum atomic E-state index is 5.14. The van der Waals surface area contributed by atoms with Crippen molar-refractivity contribution in [1.29, 1.82) is 0 Å². The maximum absolute atomic E-state index is 5.14. The minimum absolute atomic E-state index is 1.00. The van der Waals surface area contributed by atoms with Crippen molar-refractivity contribution in [3.8, 4) is 33.4 Å². The summed E-state index contributed by atoms with van der Waals surface area (Å²) in [4.78, 5) is 5.14. The van der Waals surface area contributed by atoms with E-state index >= 15 is 0 Å². The molecule has 0 atom stereocenters. The number of fused-ring (bicyclic) bond motifs is 1. The van der Waals surface area contributed by atoms with Crippen LogP contribution in [0.5, 0.6) is 0 Å². The number of nitrogens with zero attached hydrogens (tertiary/aromatic N) is 1. The van der Waals surface area contributed by atoms with Gasteiger partial charge >= 0.3 is 0 Å². The highest BCUT2D eigenvalue weighted by Gasteiger charge is 2.11. The first-order valence-electron chi connectivity index (χ1n) is 13.5. The van der Waals surface area contributed by atoms with E-state index in [2.05, 4.69) is 154 Å². The smallest absolute Gasteiger partial charge is 0.0668 e. The van der Waals surface area contributed by atoms with E-state index in [1.165, 1.54) is 55.3 Å². The minimum atomic E-state index is 1.00. The van der Waals surface area contributed by atoms with E-state index < -0.39 is 0 Å². The van der Waals surface area contributed by atoms with Gasteiger partial charge in [0.2, 0.25) is 0 Å². The van der Waals surface area contributed by atoms with Crippen molar-refractivity contribution in [1.82, 2.24) is 0 Å². The van der Waals surface area contributed by atoms with Gasteiger partial charge in [0.05, 0.1) is 5.69 Å². The molecule has 0 N–H and O–H groups in total. The van der Waals surface area contributed by atoms with Crippen LogP contribution in [0.3, 0.4) is 0 Å². The van der Waals surface area contributed by atoms with Gasteiger partial charge < -0.3 is 0 Å². The van der Waals surface area contributed by atoms with Crippen LogP contribution in [0.25, 0.3) is 44.2 Å². The predicted octanol–water partition coefficient (Wildman–Crippen LogP) is 10.6. The molecule has 0 saturated carbocycles. The van der Waals surface area contributed by atoms with Crippen molar-refractivity contribution in [2.45, 2.75) is 20.8 Å². The molecule has 1 nitrogen and oxygen atoms in total. The van der Waals surface area contributed by atoms with E-state index in [9.17, 15) is 0 Å². The van der Waals surface area contributed by atoms with Gasteiger partial charge in [-0.25, -0.2) is 0 Å². The second-order valence-corrected chi connectivity index (χ2v) is 10.2. The molecule has 0 heterocycles. The van der Waals surface area contributed by atoms with Crippen LogP contribution in [0, 0.1) is 13.8 Å². The van der Waals surface area contributed by atoms with Gasteiger partial charge in [0.25, 0.3) is 0 Å². The Balaban J connectivity index is 1.32. The molecule has 0 radical (unpaired) electrons. The van der Waals surface area contributed by atoms with Gasteiger partial charge in [-0.15, -0.1) is 0 Å². The van der Waals surface area contributed by atoms with Crippen molar-refractivity contribution in [3.05, 3.63) is 150 Å². The topological polar surface area (TPSA) is 12.4 Å². The highest BCUT2D eigenvalue weighted by atomic mass is 14.7. The number of aryl methyl sites for hydroxylation is 2. The number of rotatable bonds is 5. The van der Waals surface area contributed by atoms with Crippen LogP contribution in [0.4, 0.5) is 5.69 Å². The Morgan fingerprint density at radius 1 is 0.462 bits per heavy atom. The molecule has 0 unspecified atom stereocenters. The molecule has 0 aliphatic heterocycles. The zero-order valence-corrected chi connectivity index (χ0v) is 22.6. The summed E-state index contributed by atoms with van der Waals surface area (Å²) in [6.07, 6.45) is 0. The predicted molar refractivity (Wildman–Crippen MR) is 168 cm³/mol. The molecule has 39 heavy (non-hydrogen) atoms. The molecule has 0 aliphatic rings. The molecule has 0 bridgehead atoms. The van der Waals surface area contributed by atoms with E-state index in [1.807, 2.05) is 0 Å². The van der Waals surface area contributed by atoms with Gasteiger partial charge in [0.15, 0.2) is 0 Å². The lowest BCUT2D eigenvalue weighted by Gasteiger charge is -2.13. The molecule has 0 aromatic heterocycles. The van der Waals surface area contributed by atoms with E-state index in [4.69, 9.17) is 4.99 Å².